The second-order valence-corrected chi connectivity index (χ2v) is 8.48. The van der Waals surface area contributed by atoms with Gasteiger partial charge in [-0.15, -0.1) is 11.3 Å². The fraction of sp³-hybridized carbons (Fsp3) is 0.190. The summed E-state index contributed by atoms with van der Waals surface area (Å²) >= 11 is 2.81. The van der Waals surface area contributed by atoms with Gasteiger partial charge in [-0.05, 0) is 38.1 Å². The third kappa shape index (κ3) is 6.21. The van der Waals surface area contributed by atoms with Crippen molar-refractivity contribution in [1.82, 2.24) is 4.98 Å². The number of nitrogens with zero attached hydrogens (tertiary/aromatic N) is 1. The number of aromatic nitrogens is 1. The number of hydrogen-bond donors (Lipinski definition) is 2. The molecule has 2 aromatic carbocycles. The Hall–Kier alpha value is -2.64. The van der Waals surface area contributed by atoms with E-state index in [0.29, 0.717) is 5.69 Å². The fourth-order valence-corrected chi connectivity index (χ4v) is 4.05. The molecule has 0 aliphatic heterocycles. The molecule has 144 valence electrons. The van der Waals surface area contributed by atoms with Gasteiger partial charge >= 0.3 is 0 Å². The Morgan fingerprint density at radius 2 is 1.43 bits per heavy atom. The van der Waals surface area contributed by atoms with Crippen molar-refractivity contribution in [3.05, 3.63) is 70.7 Å². The van der Waals surface area contributed by atoms with Crippen LogP contribution in [0, 0.1) is 13.8 Å². The number of thioether (sulfide) groups is 1. The van der Waals surface area contributed by atoms with Gasteiger partial charge in [0.2, 0.25) is 11.8 Å². The number of anilines is 2. The monoisotopic (exact) mass is 411 g/mol. The lowest BCUT2D eigenvalue weighted by molar-refractivity contribution is -0.116. The molecule has 0 unspecified atom stereocenters. The highest BCUT2D eigenvalue weighted by molar-refractivity contribution is 8.01. The second kappa shape index (κ2) is 9.52. The lowest BCUT2D eigenvalue weighted by Gasteiger charge is -2.04. The molecule has 0 saturated heterocycles. The Bertz CT molecular complexity index is 951. The molecular formula is C21H21N3O2S2. The predicted molar refractivity (Wildman–Crippen MR) is 116 cm³/mol. The van der Waals surface area contributed by atoms with Crippen molar-refractivity contribution in [3.63, 3.8) is 0 Å². The standard InChI is InChI=1S/C21H21N3O2S2/c1-14-3-7-16(8-4-14)22-19(25)11-18-12-27-21(24-18)28-13-20(26)23-17-9-5-15(2)6-10-17/h3-10,12H,11,13H2,1-2H3,(H,22,25)(H,23,26). The maximum absolute atomic E-state index is 12.2. The van der Waals surface area contributed by atoms with Crippen molar-refractivity contribution in [2.24, 2.45) is 0 Å². The average molecular weight is 412 g/mol. The van der Waals surface area contributed by atoms with Crippen LogP contribution in [0.3, 0.4) is 0 Å². The van der Waals surface area contributed by atoms with Gasteiger partial charge in [-0.25, -0.2) is 4.98 Å². The minimum absolute atomic E-state index is 0.0808. The van der Waals surface area contributed by atoms with E-state index < -0.39 is 0 Å². The Kier molecular flexibility index (Phi) is 6.84. The van der Waals surface area contributed by atoms with E-state index in [-0.39, 0.29) is 24.0 Å². The van der Waals surface area contributed by atoms with Gasteiger partial charge in [0.1, 0.15) is 0 Å². The van der Waals surface area contributed by atoms with E-state index in [0.717, 1.165) is 26.8 Å². The van der Waals surface area contributed by atoms with Crippen LogP contribution in [-0.4, -0.2) is 22.6 Å². The predicted octanol–water partition coefficient (Wildman–Crippen LogP) is 4.67. The number of amides is 2. The molecule has 0 aliphatic carbocycles. The summed E-state index contributed by atoms with van der Waals surface area (Å²) in [5.74, 6) is 0.0849. The summed E-state index contributed by atoms with van der Waals surface area (Å²) in [5.41, 5.74) is 4.55. The van der Waals surface area contributed by atoms with Gasteiger partial charge in [0.15, 0.2) is 4.34 Å². The zero-order valence-electron chi connectivity index (χ0n) is 15.7. The van der Waals surface area contributed by atoms with Gasteiger partial charge in [-0.3, -0.25) is 9.59 Å². The van der Waals surface area contributed by atoms with Crippen LogP contribution in [0.25, 0.3) is 0 Å². The van der Waals surface area contributed by atoms with Gasteiger partial charge in [0.25, 0.3) is 0 Å². The van der Waals surface area contributed by atoms with Crippen LogP contribution in [0.1, 0.15) is 16.8 Å². The van der Waals surface area contributed by atoms with Crippen LogP contribution in [0.5, 0.6) is 0 Å². The molecule has 0 fully saturated rings. The third-order valence-electron chi connectivity index (χ3n) is 3.87. The fourth-order valence-electron chi connectivity index (χ4n) is 2.40. The molecule has 1 aromatic heterocycles. The number of rotatable bonds is 7. The van der Waals surface area contributed by atoms with Crippen LogP contribution < -0.4 is 10.6 Å². The van der Waals surface area contributed by atoms with Crippen molar-refractivity contribution in [1.29, 1.82) is 0 Å². The molecule has 2 N–H and O–H groups in total. The summed E-state index contributed by atoms with van der Waals surface area (Å²) in [6, 6.07) is 15.3. The summed E-state index contributed by atoms with van der Waals surface area (Å²) in [6.07, 6.45) is 0.209. The maximum atomic E-state index is 12.2. The highest BCUT2D eigenvalue weighted by Gasteiger charge is 2.10. The molecule has 0 saturated carbocycles. The van der Waals surface area contributed by atoms with Crippen LogP contribution in [0.2, 0.25) is 0 Å². The molecule has 7 heteroatoms. The molecular weight excluding hydrogens is 390 g/mol. The Morgan fingerprint density at radius 1 is 0.893 bits per heavy atom. The Morgan fingerprint density at radius 3 is 2.00 bits per heavy atom. The van der Waals surface area contributed by atoms with E-state index in [1.807, 2.05) is 67.8 Å². The molecule has 0 spiro atoms. The first-order chi connectivity index (χ1) is 13.5. The Labute approximate surface area is 172 Å². The molecule has 0 radical (unpaired) electrons. The van der Waals surface area contributed by atoms with E-state index in [1.165, 1.54) is 23.1 Å². The first kappa shape index (κ1) is 20.1. The van der Waals surface area contributed by atoms with Gasteiger partial charge < -0.3 is 10.6 Å². The highest BCUT2D eigenvalue weighted by atomic mass is 32.2. The van der Waals surface area contributed by atoms with Gasteiger partial charge in [-0.2, -0.15) is 0 Å². The molecule has 0 bridgehead atoms. The summed E-state index contributed by atoms with van der Waals surface area (Å²) in [6.45, 7) is 4.00. The number of nitrogens with one attached hydrogen (secondary N) is 2. The van der Waals surface area contributed by atoms with Gasteiger partial charge in [0, 0.05) is 16.8 Å². The van der Waals surface area contributed by atoms with E-state index >= 15 is 0 Å². The quantitative estimate of drug-likeness (QED) is 0.554. The molecule has 1 heterocycles. The maximum Gasteiger partial charge on any atom is 0.234 e. The van der Waals surface area contributed by atoms with Crippen molar-refractivity contribution in [2.75, 3.05) is 16.4 Å². The van der Waals surface area contributed by atoms with Crippen molar-refractivity contribution in [3.8, 4) is 0 Å². The van der Waals surface area contributed by atoms with Gasteiger partial charge in [-0.1, -0.05) is 47.2 Å². The van der Waals surface area contributed by atoms with Crippen molar-refractivity contribution < 1.29 is 9.59 Å². The molecule has 3 rings (SSSR count). The SMILES string of the molecule is Cc1ccc(NC(=O)CSc2nc(CC(=O)Nc3ccc(C)cc3)cs2)cc1. The lowest BCUT2D eigenvalue weighted by Crippen LogP contribution is -2.14. The molecule has 28 heavy (non-hydrogen) atoms. The second-order valence-electron chi connectivity index (χ2n) is 6.40. The molecule has 3 aromatic rings. The number of thiazole rings is 1. The van der Waals surface area contributed by atoms with Crippen LogP contribution >= 0.6 is 23.1 Å². The lowest BCUT2D eigenvalue weighted by atomic mass is 10.2. The third-order valence-corrected chi connectivity index (χ3v) is 5.94. The zero-order valence-corrected chi connectivity index (χ0v) is 17.3. The van der Waals surface area contributed by atoms with E-state index in [1.54, 1.807) is 0 Å². The number of carbonyl (C=O) groups excluding carboxylic acids is 2. The number of hydrogen-bond acceptors (Lipinski definition) is 5. The van der Waals surface area contributed by atoms with Crippen molar-refractivity contribution in [2.45, 2.75) is 24.6 Å². The summed E-state index contributed by atoms with van der Waals surface area (Å²) < 4.78 is 0.775. The zero-order chi connectivity index (χ0) is 19.9. The molecule has 0 atom stereocenters. The van der Waals surface area contributed by atoms with Crippen LogP contribution in [-0.2, 0) is 16.0 Å². The minimum Gasteiger partial charge on any atom is -0.326 e. The number of benzene rings is 2. The first-order valence-electron chi connectivity index (χ1n) is 8.78. The average Bonchev–Trinajstić information content (AvgIpc) is 3.11. The molecule has 5 nitrogen and oxygen atoms in total. The summed E-state index contributed by atoms with van der Waals surface area (Å²) in [4.78, 5) is 28.7. The number of aryl methyl sites for hydroxylation is 2. The van der Waals surface area contributed by atoms with Crippen molar-refractivity contribution >= 4 is 46.3 Å². The summed E-state index contributed by atoms with van der Waals surface area (Å²) in [7, 11) is 0. The van der Waals surface area contributed by atoms with Crippen LogP contribution in [0.4, 0.5) is 11.4 Å². The normalized spacial score (nSPS) is 10.5. The minimum atomic E-state index is -0.109. The number of carbonyl (C=O) groups is 2. The van der Waals surface area contributed by atoms with Gasteiger partial charge in [0.05, 0.1) is 17.9 Å². The Balaban J connectivity index is 1.45. The molecule has 0 aliphatic rings. The summed E-state index contributed by atoms with van der Waals surface area (Å²) in [5, 5.41) is 7.58. The largest absolute Gasteiger partial charge is 0.326 e. The topological polar surface area (TPSA) is 71.1 Å². The first-order valence-corrected chi connectivity index (χ1v) is 10.6. The molecule has 2 amide bonds. The van der Waals surface area contributed by atoms with E-state index in [9.17, 15) is 9.59 Å². The highest BCUT2D eigenvalue weighted by Crippen LogP contribution is 2.23. The van der Waals surface area contributed by atoms with E-state index in [4.69, 9.17) is 0 Å². The van der Waals surface area contributed by atoms with E-state index in [2.05, 4.69) is 15.6 Å². The smallest absolute Gasteiger partial charge is 0.234 e. The van der Waals surface area contributed by atoms with Crippen LogP contribution in [0.15, 0.2) is 58.3 Å².